The number of nitrogens with zero attached hydrogens (tertiary/aromatic N) is 3. The van der Waals surface area contributed by atoms with Gasteiger partial charge >= 0.3 is 0 Å². The number of aromatic nitrogens is 4. The Kier molecular flexibility index (Phi) is 5.68. The Bertz CT molecular complexity index is 801. The average molecular weight is 401 g/mol. The van der Waals surface area contributed by atoms with Crippen LogP contribution in [0.4, 0.5) is 5.95 Å². The van der Waals surface area contributed by atoms with E-state index in [1.54, 1.807) is 0 Å². The van der Waals surface area contributed by atoms with Crippen molar-refractivity contribution < 1.29 is 19.7 Å². The van der Waals surface area contributed by atoms with Gasteiger partial charge in [-0.1, -0.05) is 34.8 Å². The Morgan fingerprint density at radius 1 is 1.54 bits per heavy atom. The van der Waals surface area contributed by atoms with Crippen LogP contribution in [0.3, 0.4) is 0 Å². The van der Waals surface area contributed by atoms with Crippen molar-refractivity contribution in [3.8, 4) is 0 Å². The molecule has 2 atom stereocenters. The molecule has 24 heavy (non-hydrogen) atoms. The number of hydrogen-bond donors (Lipinski definition) is 4. The highest BCUT2D eigenvalue weighted by molar-refractivity contribution is 6.76. The van der Waals surface area contributed by atoms with Crippen LogP contribution in [0.15, 0.2) is 11.1 Å². The van der Waals surface area contributed by atoms with Gasteiger partial charge in [-0.3, -0.25) is 19.9 Å². The maximum atomic E-state index is 12.0. The number of amides is 1. The number of fused-ring (bicyclic) bond motifs is 1. The second-order valence-electron chi connectivity index (χ2n) is 4.57. The van der Waals surface area contributed by atoms with Crippen LogP contribution < -0.4 is 10.9 Å². The lowest BCUT2D eigenvalue weighted by molar-refractivity contribution is -0.116. The SMILES string of the molecule is COC(O)C(CO)n1cnc2c(=O)[nH]c(NC(=O)C(Cl)(Cl)Cl)nc21. The number of hydrogen-bond acceptors (Lipinski definition) is 7. The molecule has 0 aliphatic carbocycles. The Morgan fingerprint density at radius 3 is 2.75 bits per heavy atom. The molecule has 0 bridgehead atoms. The average Bonchev–Trinajstić information content (AvgIpc) is 2.91. The topological polar surface area (TPSA) is 142 Å². The van der Waals surface area contributed by atoms with Crippen molar-refractivity contribution in [3.63, 3.8) is 0 Å². The highest BCUT2D eigenvalue weighted by atomic mass is 35.6. The number of imidazole rings is 1. The van der Waals surface area contributed by atoms with E-state index in [4.69, 9.17) is 39.5 Å². The van der Waals surface area contributed by atoms with Crippen LogP contribution in [0.5, 0.6) is 0 Å². The molecule has 0 fully saturated rings. The van der Waals surface area contributed by atoms with Gasteiger partial charge in [-0.15, -0.1) is 0 Å². The third kappa shape index (κ3) is 3.79. The summed E-state index contributed by atoms with van der Waals surface area (Å²) in [5.74, 6) is -1.33. The monoisotopic (exact) mass is 399 g/mol. The first-order valence-electron chi connectivity index (χ1n) is 6.35. The van der Waals surface area contributed by atoms with Gasteiger partial charge in [0, 0.05) is 7.11 Å². The Hall–Kier alpha value is -1.43. The standard InChI is InChI=1S/C11H12Cl3N5O5/c1-24-8(22)4(2-20)19-3-15-5-6(19)16-10(17-7(5)21)18-9(23)11(12,13)14/h3-4,8,20,22H,2H2,1H3,(H2,16,17,18,21,23). The summed E-state index contributed by atoms with van der Waals surface area (Å²) < 4.78 is 3.73. The van der Waals surface area contributed by atoms with E-state index in [9.17, 15) is 19.8 Å². The van der Waals surface area contributed by atoms with Gasteiger partial charge in [0.05, 0.1) is 12.9 Å². The maximum Gasteiger partial charge on any atom is 0.280 e. The van der Waals surface area contributed by atoms with Crippen molar-refractivity contribution in [2.24, 2.45) is 0 Å². The lowest BCUT2D eigenvalue weighted by atomic mass is 10.3. The number of ether oxygens (including phenoxy) is 1. The quantitative estimate of drug-likeness (QED) is 0.406. The third-order valence-corrected chi connectivity index (χ3v) is 3.55. The number of nitrogens with one attached hydrogen (secondary N) is 2. The van der Waals surface area contributed by atoms with Crippen molar-refractivity contribution in [1.29, 1.82) is 0 Å². The van der Waals surface area contributed by atoms with Crippen LogP contribution in [0, 0.1) is 0 Å². The van der Waals surface area contributed by atoms with Crippen LogP contribution in [0.1, 0.15) is 6.04 Å². The predicted octanol–water partition coefficient (Wildman–Crippen LogP) is -0.0735. The highest BCUT2D eigenvalue weighted by Crippen LogP contribution is 2.27. The molecule has 2 rings (SSSR count). The molecule has 4 N–H and O–H groups in total. The lowest BCUT2D eigenvalue weighted by Gasteiger charge is -2.21. The summed E-state index contributed by atoms with van der Waals surface area (Å²) in [5, 5.41) is 21.3. The molecule has 0 saturated carbocycles. The summed E-state index contributed by atoms with van der Waals surface area (Å²) in [6.07, 6.45) is -0.191. The van der Waals surface area contributed by atoms with E-state index in [1.165, 1.54) is 18.0 Å². The van der Waals surface area contributed by atoms with Crippen LogP contribution in [0.25, 0.3) is 11.2 Å². The zero-order valence-corrected chi connectivity index (χ0v) is 14.3. The zero-order chi connectivity index (χ0) is 18.1. The highest BCUT2D eigenvalue weighted by Gasteiger charge is 2.31. The van der Waals surface area contributed by atoms with E-state index in [0.29, 0.717) is 0 Å². The smallest absolute Gasteiger partial charge is 0.280 e. The number of rotatable bonds is 5. The van der Waals surface area contributed by atoms with Gasteiger partial charge in [-0.25, -0.2) is 4.98 Å². The van der Waals surface area contributed by atoms with E-state index in [-0.39, 0.29) is 17.1 Å². The van der Waals surface area contributed by atoms with Gasteiger partial charge in [0.15, 0.2) is 17.5 Å². The van der Waals surface area contributed by atoms with Crippen LogP contribution in [-0.4, -0.2) is 59.4 Å². The molecule has 0 saturated heterocycles. The second-order valence-corrected chi connectivity index (χ2v) is 6.85. The molecule has 0 radical (unpaired) electrons. The minimum Gasteiger partial charge on any atom is -0.394 e. The van der Waals surface area contributed by atoms with Gasteiger partial charge < -0.3 is 19.5 Å². The molecule has 2 unspecified atom stereocenters. The summed E-state index contributed by atoms with van der Waals surface area (Å²) in [7, 11) is 1.24. The molecule has 0 aromatic carbocycles. The Morgan fingerprint density at radius 2 is 2.21 bits per heavy atom. The fraction of sp³-hybridized carbons (Fsp3) is 0.455. The molecular formula is C11H12Cl3N5O5. The molecule has 2 heterocycles. The van der Waals surface area contributed by atoms with Crippen LogP contribution in [-0.2, 0) is 9.53 Å². The summed E-state index contributed by atoms with van der Waals surface area (Å²) in [5.41, 5.74) is -0.779. The fourth-order valence-corrected chi connectivity index (χ4v) is 2.02. The molecule has 0 spiro atoms. The molecule has 10 nitrogen and oxygen atoms in total. The molecule has 13 heteroatoms. The minimum atomic E-state index is -2.26. The van der Waals surface area contributed by atoms with Gasteiger partial charge in [0.1, 0.15) is 6.04 Å². The van der Waals surface area contributed by atoms with Gasteiger partial charge in [0.2, 0.25) is 5.95 Å². The molecule has 2 aromatic rings. The Balaban J connectivity index is 2.50. The maximum absolute atomic E-state index is 12.0. The second kappa shape index (κ2) is 7.21. The first-order valence-corrected chi connectivity index (χ1v) is 7.49. The van der Waals surface area contributed by atoms with Crippen LogP contribution >= 0.6 is 34.8 Å². The number of alkyl halides is 3. The lowest BCUT2D eigenvalue weighted by Crippen LogP contribution is -2.30. The number of methoxy groups -OCH3 is 1. The number of H-pyrrole nitrogens is 1. The van der Waals surface area contributed by atoms with Gasteiger partial charge in [0.25, 0.3) is 15.3 Å². The van der Waals surface area contributed by atoms with E-state index in [0.717, 1.165) is 0 Å². The van der Waals surface area contributed by atoms with Crippen molar-refractivity contribution in [1.82, 2.24) is 19.5 Å². The first kappa shape index (κ1) is 18.9. The van der Waals surface area contributed by atoms with E-state index < -0.39 is 34.2 Å². The fourth-order valence-electron chi connectivity index (χ4n) is 1.88. The number of carbonyl (C=O) groups excluding carboxylic acids is 1. The minimum absolute atomic E-state index is 0.0199. The molecule has 132 valence electrons. The van der Waals surface area contributed by atoms with Crippen molar-refractivity contribution in [3.05, 3.63) is 16.7 Å². The van der Waals surface area contributed by atoms with E-state index in [2.05, 4.69) is 20.3 Å². The number of aliphatic hydroxyl groups is 2. The summed E-state index contributed by atoms with van der Waals surface area (Å²) >= 11 is 16.3. The molecule has 2 aromatic heterocycles. The number of aliphatic hydroxyl groups excluding tert-OH is 2. The molecule has 1 amide bonds. The number of halogens is 3. The first-order chi connectivity index (χ1) is 11.2. The molecule has 0 aliphatic rings. The number of anilines is 1. The zero-order valence-electron chi connectivity index (χ0n) is 12.0. The third-order valence-electron chi connectivity index (χ3n) is 3.04. The largest absolute Gasteiger partial charge is 0.394 e. The van der Waals surface area contributed by atoms with Crippen molar-refractivity contribution >= 4 is 57.8 Å². The molecular weight excluding hydrogens is 389 g/mol. The van der Waals surface area contributed by atoms with Gasteiger partial charge in [-0.2, -0.15) is 4.98 Å². The summed E-state index contributed by atoms with van der Waals surface area (Å²) in [6.45, 7) is -0.523. The number of carbonyl (C=O) groups is 1. The van der Waals surface area contributed by atoms with E-state index >= 15 is 0 Å². The number of aromatic amines is 1. The van der Waals surface area contributed by atoms with Crippen LogP contribution in [0.2, 0.25) is 0 Å². The Labute approximate surface area is 149 Å². The van der Waals surface area contributed by atoms with Gasteiger partial charge in [-0.05, 0) is 0 Å². The van der Waals surface area contributed by atoms with E-state index in [1.807, 2.05) is 0 Å². The van der Waals surface area contributed by atoms with Crippen molar-refractivity contribution in [2.75, 3.05) is 19.0 Å². The predicted molar refractivity (Wildman–Crippen MR) is 86.2 cm³/mol. The van der Waals surface area contributed by atoms with Crippen molar-refractivity contribution in [2.45, 2.75) is 16.1 Å². The normalized spacial score (nSPS) is 14.6. The summed E-state index contributed by atoms with van der Waals surface area (Å²) in [6, 6.07) is -0.981. The molecule has 0 aliphatic heterocycles. The summed E-state index contributed by atoms with van der Waals surface area (Å²) in [4.78, 5) is 33.8.